The van der Waals surface area contributed by atoms with Crippen molar-refractivity contribution < 1.29 is 23.9 Å². The van der Waals surface area contributed by atoms with Crippen LogP contribution in [-0.2, 0) is 14.3 Å². The Morgan fingerprint density at radius 2 is 1.92 bits per heavy atom. The summed E-state index contributed by atoms with van der Waals surface area (Å²) in [6.07, 6.45) is 4.28. The summed E-state index contributed by atoms with van der Waals surface area (Å²) in [5, 5.41) is 0.373. The second-order valence-corrected chi connectivity index (χ2v) is 6.01. The molecule has 1 rings (SSSR count). The molecule has 0 N–H and O–H groups in total. The van der Waals surface area contributed by atoms with E-state index in [1.165, 1.54) is 18.2 Å². The summed E-state index contributed by atoms with van der Waals surface area (Å²) in [5.41, 5.74) is 0.183. The number of halogens is 1. The van der Waals surface area contributed by atoms with Crippen molar-refractivity contribution in [2.45, 2.75) is 58.5 Å². The Morgan fingerprint density at radius 3 is 2.58 bits per heavy atom. The second-order valence-electron chi connectivity index (χ2n) is 5.57. The third-order valence-electron chi connectivity index (χ3n) is 3.40. The van der Waals surface area contributed by atoms with Gasteiger partial charge in [-0.25, -0.2) is 0 Å². The lowest BCUT2D eigenvalue weighted by molar-refractivity contribution is -0.151. The van der Waals surface area contributed by atoms with Gasteiger partial charge in [-0.3, -0.25) is 14.4 Å². The molecule has 5 nitrogen and oxygen atoms in total. The van der Waals surface area contributed by atoms with Gasteiger partial charge in [-0.05, 0) is 38.0 Å². The molecule has 24 heavy (non-hydrogen) atoms. The van der Waals surface area contributed by atoms with Crippen molar-refractivity contribution in [3.8, 4) is 5.75 Å². The fourth-order valence-corrected chi connectivity index (χ4v) is 2.29. The number of unbranched alkanes of at least 4 members (excludes halogenated alkanes) is 2. The number of esters is 2. The maximum atomic E-state index is 11.8. The first-order chi connectivity index (χ1) is 11.5. The molecule has 0 aliphatic carbocycles. The number of benzene rings is 1. The Hall–Kier alpha value is -1.88. The minimum absolute atomic E-state index is 0.0546. The first-order valence-corrected chi connectivity index (χ1v) is 8.49. The van der Waals surface area contributed by atoms with Gasteiger partial charge in [0.25, 0.3) is 0 Å². The summed E-state index contributed by atoms with van der Waals surface area (Å²) in [4.78, 5) is 34.4. The van der Waals surface area contributed by atoms with E-state index in [2.05, 4.69) is 6.92 Å². The van der Waals surface area contributed by atoms with Crippen LogP contribution in [0.5, 0.6) is 5.75 Å². The number of rotatable bonds is 10. The Bertz CT molecular complexity index is 571. The van der Waals surface area contributed by atoms with Crippen molar-refractivity contribution in [1.82, 2.24) is 0 Å². The van der Waals surface area contributed by atoms with Crippen LogP contribution >= 0.6 is 11.6 Å². The van der Waals surface area contributed by atoms with Crippen molar-refractivity contribution >= 4 is 29.8 Å². The molecule has 0 amide bonds. The minimum atomic E-state index is -0.601. The highest BCUT2D eigenvalue weighted by Crippen LogP contribution is 2.22. The quantitative estimate of drug-likeness (QED) is 0.270. The molecule has 0 radical (unpaired) electrons. The molecule has 0 saturated heterocycles. The molecule has 0 aliphatic heterocycles. The first kappa shape index (κ1) is 20.2. The van der Waals surface area contributed by atoms with E-state index in [0.717, 1.165) is 25.7 Å². The Labute approximate surface area is 147 Å². The average Bonchev–Trinajstić information content (AvgIpc) is 2.54. The SMILES string of the molecule is CCCCCC(C)OC(=O)CCC(=O)Oc1ccc(Cl)cc1C=O. The zero-order valence-electron chi connectivity index (χ0n) is 14.0. The van der Waals surface area contributed by atoms with Crippen molar-refractivity contribution in [1.29, 1.82) is 0 Å². The molecule has 1 aromatic carbocycles. The number of ether oxygens (including phenoxy) is 2. The van der Waals surface area contributed by atoms with Gasteiger partial charge >= 0.3 is 11.9 Å². The lowest BCUT2D eigenvalue weighted by atomic mass is 10.1. The monoisotopic (exact) mass is 354 g/mol. The van der Waals surface area contributed by atoms with Gasteiger partial charge in [0.15, 0.2) is 6.29 Å². The molecule has 0 aromatic heterocycles. The van der Waals surface area contributed by atoms with Crippen molar-refractivity contribution in [3.63, 3.8) is 0 Å². The van der Waals surface area contributed by atoms with Gasteiger partial charge in [0, 0.05) is 5.02 Å². The molecule has 132 valence electrons. The Balaban J connectivity index is 2.38. The topological polar surface area (TPSA) is 69.7 Å². The summed E-state index contributed by atoms with van der Waals surface area (Å²) in [7, 11) is 0. The molecule has 1 unspecified atom stereocenters. The second kappa shape index (κ2) is 10.8. The highest BCUT2D eigenvalue weighted by molar-refractivity contribution is 6.30. The summed E-state index contributed by atoms with van der Waals surface area (Å²) in [6, 6.07) is 4.37. The van der Waals surface area contributed by atoms with Crippen LogP contribution in [0, 0.1) is 0 Å². The summed E-state index contributed by atoms with van der Waals surface area (Å²) >= 11 is 5.77. The van der Waals surface area contributed by atoms with E-state index in [0.29, 0.717) is 11.3 Å². The zero-order valence-corrected chi connectivity index (χ0v) is 14.8. The Morgan fingerprint density at radius 1 is 1.21 bits per heavy atom. The number of carbonyl (C=O) groups is 3. The summed E-state index contributed by atoms with van der Waals surface area (Å²) in [6.45, 7) is 3.95. The average molecular weight is 355 g/mol. The molecule has 6 heteroatoms. The predicted molar refractivity (Wildman–Crippen MR) is 91.4 cm³/mol. The summed E-state index contributed by atoms with van der Waals surface area (Å²) < 4.78 is 10.3. The van der Waals surface area contributed by atoms with Gasteiger partial charge in [0.05, 0.1) is 24.5 Å². The van der Waals surface area contributed by atoms with E-state index in [4.69, 9.17) is 21.1 Å². The molecule has 0 saturated carbocycles. The van der Waals surface area contributed by atoms with E-state index in [1.54, 1.807) is 0 Å². The molecule has 0 spiro atoms. The van der Waals surface area contributed by atoms with E-state index in [1.807, 2.05) is 6.92 Å². The lowest BCUT2D eigenvalue weighted by Gasteiger charge is -2.13. The van der Waals surface area contributed by atoms with Gasteiger partial charge < -0.3 is 9.47 Å². The Kier molecular flexibility index (Phi) is 9.08. The largest absolute Gasteiger partial charge is 0.463 e. The van der Waals surface area contributed by atoms with Crippen LogP contribution in [0.4, 0.5) is 0 Å². The molecular formula is C18H23ClO5. The molecular weight excluding hydrogens is 332 g/mol. The fourth-order valence-electron chi connectivity index (χ4n) is 2.11. The third-order valence-corrected chi connectivity index (χ3v) is 3.64. The van der Waals surface area contributed by atoms with Crippen LogP contribution in [0.25, 0.3) is 0 Å². The van der Waals surface area contributed by atoms with E-state index in [-0.39, 0.29) is 30.3 Å². The fraction of sp³-hybridized carbons (Fsp3) is 0.500. The van der Waals surface area contributed by atoms with Crippen LogP contribution in [0.3, 0.4) is 0 Å². The minimum Gasteiger partial charge on any atom is -0.463 e. The standard InChI is InChI=1S/C18H23ClO5/c1-3-4-5-6-13(2)23-17(21)9-10-18(22)24-16-8-7-15(19)11-14(16)12-20/h7-8,11-13H,3-6,9-10H2,1-2H3. The molecule has 0 fully saturated rings. The molecule has 0 heterocycles. The molecule has 0 bridgehead atoms. The van der Waals surface area contributed by atoms with Gasteiger partial charge in [-0.15, -0.1) is 0 Å². The first-order valence-electron chi connectivity index (χ1n) is 8.11. The van der Waals surface area contributed by atoms with Crippen molar-refractivity contribution in [3.05, 3.63) is 28.8 Å². The van der Waals surface area contributed by atoms with E-state index >= 15 is 0 Å². The smallest absolute Gasteiger partial charge is 0.311 e. The molecule has 1 atom stereocenters. The van der Waals surface area contributed by atoms with Gasteiger partial charge in [0.1, 0.15) is 5.75 Å². The maximum absolute atomic E-state index is 11.8. The molecule has 0 aliphatic rings. The van der Waals surface area contributed by atoms with E-state index < -0.39 is 11.9 Å². The number of hydrogen-bond acceptors (Lipinski definition) is 5. The van der Waals surface area contributed by atoms with Crippen LogP contribution in [0.15, 0.2) is 18.2 Å². The molecule has 1 aromatic rings. The van der Waals surface area contributed by atoms with Crippen molar-refractivity contribution in [2.75, 3.05) is 0 Å². The predicted octanol–water partition coefficient (Wildman–Crippen LogP) is 4.35. The van der Waals surface area contributed by atoms with Crippen molar-refractivity contribution in [2.24, 2.45) is 0 Å². The van der Waals surface area contributed by atoms with Crippen LogP contribution in [-0.4, -0.2) is 24.3 Å². The maximum Gasteiger partial charge on any atom is 0.311 e. The zero-order chi connectivity index (χ0) is 17.9. The number of aldehydes is 1. The van der Waals surface area contributed by atoms with Gasteiger partial charge in [-0.1, -0.05) is 31.4 Å². The third kappa shape index (κ3) is 7.59. The van der Waals surface area contributed by atoms with Crippen LogP contribution in [0.2, 0.25) is 5.02 Å². The van der Waals surface area contributed by atoms with Gasteiger partial charge in [-0.2, -0.15) is 0 Å². The highest BCUT2D eigenvalue weighted by atomic mass is 35.5. The van der Waals surface area contributed by atoms with Gasteiger partial charge in [0.2, 0.25) is 0 Å². The van der Waals surface area contributed by atoms with Crippen LogP contribution in [0.1, 0.15) is 62.7 Å². The van der Waals surface area contributed by atoms with Crippen LogP contribution < -0.4 is 4.74 Å². The van der Waals surface area contributed by atoms with E-state index in [9.17, 15) is 14.4 Å². The number of hydrogen-bond donors (Lipinski definition) is 0. The summed E-state index contributed by atoms with van der Waals surface area (Å²) in [5.74, 6) is -0.903. The highest BCUT2D eigenvalue weighted by Gasteiger charge is 2.14. The lowest BCUT2D eigenvalue weighted by Crippen LogP contribution is -2.17. The normalized spacial score (nSPS) is 11.6. The number of carbonyl (C=O) groups excluding carboxylic acids is 3.